The van der Waals surface area contributed by atoms with Crippen molar-refractivity contribution < 1.29 is 0 Å². The Morgan fingerprint density at radius 2 is 2.44 bits per heavy atom. The predicted octanol–water partition coefficient (Wildman–Crippen LogP) is 1.60. The first-order valence-electron chi connectivity index (χ1n) is 3.31. The van der Waals surface area contributed by atoms with Crippen LogP contribution in [0, 0.1) is 6.92 Å². The van der Waals surface area contributed by atoms with Crippen molar-refractivity contribution in [2.45, 2.75) is 26.8 Å². The van der Waals surface area contributed by atoms with Crippen LogP contribution in [0.3, 0.4) is 0 Å². The fourth-order valence-corrected chi connectivity index (χ4v) is 0.862. The van der Waals surface area contributed by atoms with Crippen LogP contribution in [0.2, 0.25) is 0 Å². The van der Waals surface area contributed by atoms with Gasteiger partial charge in [0.05, 0.1) is 6.33 Å². The van der Waals surface area contributed by atoms with Crippen molar-refractivity contribution in [2.75, 3.05) is 0 Å². The summed E-state index contributed by atoms with van der Waals surface area (Å²) in [4.78, 5) is 4.00. The number of nitrogens with zero attached hydrogens (tertiary/aromatic N) is 2. The molecule has 0 N–H and O–H groups in total. The lowest BCUT2D eigenvalue weighted by atomic mass is 10.4. The Labute approximate surface area is 55.5 Å². The molecular weight excluding hydrogens is 112 g/mol. The summed E-state index contributed by atoms with van der Waals surface area (Å²) >= 11 is 0. The lowest BCUT2D eigenvalue weighted by molar-refractivity contribution is 0.662. The van der Waals surface area contributed by atoms with Crippen LogP contribution >= 0.6 is 0 Å². The molecule has 0 aromatic carbocycles. The molecule has 1 heterocycles. The van der Waals surface area contributed by atoms with Gasteiger partial charge in [0.25, 0.3) is 0 Å². The Hall–Kier alpha value is -0.790. The molecule has 0 saturated carbocycles. The van der Waals surface area contributed by atoms with Crippen molar-refractivity contribution in [1.82, 2.24) is 9.55 Å². The quantitative estimate of drug-likeness (QED) is 0.585. The molecule has 0 spiro atoms. The average molecular weight is 124 g/mol. The zero-order valence-corrected chi connectivity index (χ0v) is 5.96. The van der Waals surface area contributed by atoms with Gasteiger partial charge >= 0.3 is 0 Å². The van der Waals surface area contributed by atoms with Gasteiger partial charge in [0.1, 0.15) is 0 Å². The predicted molar refractivity (Wildman–Crippen MR) is 37.3 cm³/mol. The molecule has 0 aliphatic carbocycles. The third-order valence-corrected chi connectivity index (χ3v) is 1.38. The number of hydrogen-bond acceptors (Lipinski definition) is 1. The van der Waals surface area contributed by atoms with Gasteiger partial charge in [0, 0.05) is 18.4 Å². The van der Waals surface area contributed by atoms with Crippen LogP contribution in [0.25, 0.3) is 0 Å². The second-order valence-electron chi connectivity index (χ2n) is 2.23. The molecule has 1 rings (SSSR count). The minimum Gasteiger partial charge on any atom is -0.335 e. The van der Waals surface area contributed by atoms with Crippen molar-refractivity contribution >= 4 is 0 Å². The molecule has 0 amide bonds. The molecule has 2 nitrogen and oxygen atoms in total. The molecule has 0 aliphatic rings. The van der Waals surface area contributed by atoms with Crippen LogP contribution in [0.15, 0.2) is 12.5 Å². The highest BCUT2D eigenvalue weighted by Crippen LogP contribution is 1.96. The van der Waals surface area contributed by atoms with Crippen LogP contribution in [0.4, 0.5) is 0 Å². The van der Waals surface area contributed by atoms with E-state index in [-0.39, 0.29) is 0 Å². The summed E-state index contributed by atoms with van der Waals surface area (Å²) in [7, 11) is 0. The number of aromatic nitrogens is 2. The SMILES string of the molecule is CCCn1cncc1C. The van der Waals surface area contributed by atoms with Crippen LogP contribution in [0.5, 0.6) is 0 Å². The normalized spacial score (nSPS) is 10.0. The van der Waals surface area contributed by atoms with Crippen LogP contribution < -0.4 is 0 Å². The molecule has 2 heteroatoms. The van der Waals surface area contributed by atoms with E-state index in [9.17, 15) is 0 Å². The van der Waals surface area contributed by atoms with Crippen LogP contribution in [0.1, 0.15) is 19.0 Å². The van der Waals surface area contributed by atoms with Crippen LogP contribution in [-0.2, 0) is 6.54 Å². The topological polar surface area (TPSA) is 17.8 Å². The fourth-order valence-electron chi connectivity index (χ4n) is 0.862. The highest BCUT2D eigenvalue weighted by molar-refractivity contribution is 4.93. The van der Waals surface area contributed by atoms with E-state index in [0.29, 0.717) is 0 Å². The zero-order chi connectivity index (χ0) is 6.69. The van der Waals surface area contributed by atoms with Crippen molar-refractivity contribution in [3.05, 3.63) is 18.2 Å². The molecule has 0 radical (unpaired) electrons. The smallest absolute Gasteiger partial charge is 0.0948 e. The lowest BCUT2D eigenvalue weighted by Crippen LogP contribution is -1.95. The van der Waals surface area contributed by atoms with Gasteiger partial charge in [-0.15, -0.1) is 0 Å². The molecular formula is C7H12N2. The summed E-state index contributed by atoms with van der Waals surface area (Å²) in [6.45, 7) is 5.33. The molecule has 1 aromatic rings. The van der Waals surface area contributed by atoms with Crippen LogP contribution in [-0.4, -0.2) is 9.55 Å². The van der Waals surface area contributed by atoms with Gasteiger partial charge in [0.15, 0.2) is 0 Å². The van der Waals surface area contributed by atoms with Gasteiger partial charge in [-0.3, -0.25) is 0 Å². The molecule has 0 saturated heterocycles. The maximum absolute atomic E-state index is 4.00. The number of rotatable bonds is 2. The minimum absolute atomic E-state index is 1.09. The Kier molecular flexibility index (Phi) is 1.88. The summed E-state index contributed by atoms with van der Waals surface area (Å²) in [5, 5.41) is 0. The van der Waals surface area contributed by atoms with Crippen molar-refractivity contribution in [3.8, 4) is 0 Å². The largest absolute Gasteiger partial charge is 0.335 e. The van der Waals surface area contributed by atoms with E-state index in [1.807, 2.05) is 12.5 Å². The molecule has 50 valence electrons. The highest BCUT2D eigenvalue weighted by atomic mass is 15.0. The Morgan fingerprint density at radius 3 is 2.89 bits per heavy atom. The molecule has 0 aliphatic heterocycles. The van der Waals surface area contributed by atoms with Gasteiger partial charge in [-0.1, -0.05) is 6.92 Å². The van der Waals surface area contributed by atoms with E-state index in [1.54, 1.807) is 0 Å². The van der Waals surface area contributed by atoms with Gasteiger partial charge in [-0.2, -0.15) is 0 Å². The minimum atomic E-state index is 1.09. The Bertz CT molecular complexity index is 179. The molecule has 0 unspecified atom stereocenters. The van der Waals surface area contributed by atoms with Gasteiger partial charge in [-0.05, 0) is 13.3 Å². The Morgan fingerprint density at radius 1 is 1.67 bits per heavy atom. The summed E-state index contributed by atoms with van der Waals surface area (Å²) in [6, 6.07) is 0. The molecule has 1 aromatic heterocycles. The maximum Gasteiger partial charge on any atom is 0.0948 e. The number of aryl methyl sites for hydroxylation is 2. The molecule has 0 fully saturated rings. The van der Waals surface area contributed by atoms with Crippen molar-refractivity contribution in [3.63, 3.8) is 0 Å². The number of hydrogen-bond donors (Lipinski definition) is 0. The number of imidazole rings is 1. The zero-order valence-electron chi connectivity index (χ0n) is 5.96. The van der Waals surface area contributed by atoms with E-state index in [1.165, 1.54) is 12.1 Å². The first kappa shape index (κ1) is 6.33. The van der Waals surface area contributed by atoms with Crippen molar-refractivity contribution in [2.24, 2.45) is 0 Å². The van der Waals surface area contributed by atoms with E-state index >= 15 is 0 Å². The summed E-state index contributed by atoms with van der Waals surface area (Å²) in [6.07, 6.45) is 4.94. The average Bonchev–Trinajstić information content (AvgIpc) is 2.18. The third kappa shape index (κ3) is 1.31. The maximum atomic E-state index is 4.00. The highest BCUT2D eigenvalue weighted by Gasteiger charge is 1.91. The fraction of sp³-hybridized carbons (Fsp3) is 0.571. The molecule has 9 heavy (non-hydrogen) atoms. The summed E-state index contributed by atoms with van der Waals surface area (Å²) < 4.78 is 2.15. The third-order valence-electron chi connectivity index (χ3n) is 1.38. The van der Waals surface area contributed by atoms with Gasteiger partial charge < -0.3 is 4.57 Å². The van der Waals surface area contributed by atoms with Gasteiger partial charge in [0.2, 0.25) is 0 Å². The van der Waals surface area contributed by atoms with Gasteiger partial charge in [-0.25, -0.2) is 4.98 Å². The second-order valence-corrected chi connectivity index (χ2v) is 2.23. The lowest BCUT2D eigenvalue weighted by Gasteiger charge is -1.99. The summed E-state index contributed by atoms with van der Waals surface area (Å²) in [5.41, 5.74) is 1.25. The first-order chi connectivity index (χ1) is 4.34. The van der Waals surface area contributed by atoms with E-state index in [4.69, 9.17) is 0 Å². The molecule has 0 bridgehead atoms. The monoisotopic (exact) mass is 124 g/mol. The van der Waals surface area contributed by atoms with Crippen molar-refractivity contribution in [1.29, 1.82) is 0 Å². The second kappa shape index (κ2) is 2.67. The standard InChI is InChI=1S/C7H12N2/c1-3-4-9-6-8-5-7(9)2/h5-6H,3-4H2,1-2H3. The summed E-state index contributed by atoms with van der Waals surface area (Å²) in [5.74, 6) is 0. The van der Waals surface area contributed by atoms with E-state index < -0.39 is 0 Å². The molecule has 0 atom stereocenters. The van der Waals surface area contributed by atoms with E-state index in [0.717, 1.165) is 6.54 Å². The Balaban J connectivity index is 2.69. The van der Waals surface area contributed by atoms with E-state index in [2.05, 4.69) is 23.4 Å². The first-order valence-corrected chi connectivity index (χ1v) is 3.31.